The maximum atomic E-state index is 11.1. The van der Waals surface area contributed by atoms with Gasteiger partial charge in [-0.2, -0.15) is 0 Å². The van der Waals surface area contributed by atoms with Crippen LogP contribution in [0.25, 0.3) is 0 Å². The van der Waals surface area contributed by atoms with Gasteiger partial charge in [0.2, 0.25) is 0 Å². The van der Waals surface area contributed by atoms with Crippen molar-refractivity contribution in [1.82, 2.24) is 0 Å². The second kappa shape index (κ2) is 5.22. The molecule has 0 unspecified atom stereocenters. The SMILES string of the molecule is CCOC(=O)C[C@@H]1C[C@H](C)CCO1. The van der Waals surface area contributed by atoms with Gasteiger partial charge in [0.1, 0.15) is 0 Å². The van der Waals surface area contributed by atoms with E-state index in [9.17, 15) is 4.79 Å². The fraction of sp³-hybridized carbons (Fsp3) is 0.900. The summed E-state index contributed by atoms with van der Waals surface area (Å²) in [5.41, 5.74) is 0. The third-order valence-electron chi connectivity index (χ3n) is 2.33. The lowest BCUT2D eigenvalue weighted by molar-refractivity contribution is -0.147. The van der Waals surface area contributed by atoms with Crippen molar-refractivity contribution in [1.29, 1.82) is 0 Å². The highest BCUT2D eigenvalue weighted by Crippen LogP contribution is 2.21. The Balaban J connectivity index is 2.23. The molecule has 0 amide bonds. The van der Waals surface area contributed by atoms with Gasteiger partial charge in [-0.15, -0.1) is 0 Å². The summed E-state index contributed by atoms with van der Waals surface area (Å²) in [6.45, 7) is 5.26. The quantitative estimate of drug-likeness (QED) is 0.630. The Morgan fingerprint density at radius 2 is 2.38 bits per heavy atom. The van der Waals surface area contributed by atoms with E-state index in [1.54, 1.807) is 0 Å². The Labute approximate surface area is 79.4 Å². The summed E-state index contributed by atoms with van der Waals surface area (Å²) in [6, 6.07) is 0. The first-order valence-corrected chi connectivity index (χ1v) is 4.99. The van der Waals surface area contributed by atoms with Crippen LogP contribution in [0.5, 0.6) is 0 Å². The molecule has 0 bridgehead atoms. The number of hydrogen-bond donors (Lipinski definition) is 0. The van der Waals surface area contributed by atoms with Gasteiger partial charge in [0.25, 0.3) is 0 Å². The Morgan fingerprint density at radius 1 is 1.62 bits per heavy atom. The molecular weight excluding hydrogens is 168 g/mol. The number of carbonyl (C=O) groups excluding carboxylic acids is 1. The molecule has 1 heterocycles. The normalized spacial score (nSPS) is 28.5. The van der Waals surface area contributed by atoms with Crippen LogP contribution in [0.3, 0.4) is 0 Å². The predicted molar refractivity (Wildman–Crippen MR) is 49.4 cm³/mol. The van der Waals surface area contributed by atoms with Crippen molar-refractivity contribution in [3.8, 4) is 0 Å². The molecule has 1 rings (SSSR count). The third-order valence-corrected chi connectivity index (χ3v) is 2.33. The minimum absolute atomic E-state index is 0.0859. The first-order chi connectivity index (χ1) is 6.22. The van der Waals surface area contributed by atoms with Crippen molar-refractivity contribution in [2.75, 3.05) is 13.2 Å². The van der Waals surface area contributed by atoms with Gasteiger partial charge in [-0.1, -0.05) is 6.92 Å². The largest absolute Gasteiger partial charge is 0.466 e. The lowest BCUT2D eigenvalue weighted by atomic mass is 9.96. The summed E-state index contributed by atoms with van der Waals surface area (Å²) < 4.78 is 10.3. The number of carbonyl (C=O) groups is 1. The molecule has 0 aromatic heterocycles. The minimum atomic E-state index is -0.137. The molecule has 0 aromatic carbocycles. The molecule has 3 heteroatoms. The number of hydrogen-bond acceptors (Lipinski definition) is 3. The third kappa shape index (κ3) is 3.77. The van der Waals surface area contributed by atoms with Crippen molar-refractivity contribution in [3.05, 3.63) is 0 Å². The predicted octanol–water partition coefficient (Wildman–Crippen LogP) is 1.75. The highest BCUT2D eigenvalue weighted by molar-refractivity contribution is 5.69. The molecule has 0 N–H and O–H groups in total. The monoisotopic (exact) mass is 186 g/mol. The Bertz CT molecular complexity index is 168. The summed E-state index contributed by atoms with van der Waals surface area (Å²) in [4.78, 5) is 11.1. The van der Waals surface area contributed by atoms with E-state index in [4.69, 9.17) is 9.47 Å². The van der Waals surface area contributed by atoms with E-state index in [2.05, 4.69) is 6.92 Å². The molecule has 0 saturated carbocycles. The van der Waals surface area contributed by atoms with Crippen molar-refractivity contribution < 1.29 is 14.3 Å². The van der Waals surface area contributed by atoms with E-state index in [-0.39, 0.29) is 12.1 Å². The molecule has 13 heavy (non-hydrogen) atoms. The Morgan fingerprint density at radius 3 is 3.00 bits per heavy atom. The van der Waals surface area contributed by atoms with Crippen molar-refractivity contribution in [2.24, 2.45) is 5.92 Å². The van der Waals surface area contributed by atoms with Crippen molar-refractivity contribution in [3.63, 3.8) is 0 Å². The van der Waals surface area contributed by atoms with Crippen molar-refractivity contribution in [2.45, 2.75) is 39.2 Å². The maximum absolute atomic E-state index is 11.1. The summed E-state index contributed by atoms with van der Waals surface area (Å²) in [5.74, 6) is 0.537. The summed E-state index contributed by atoms with van der Waals surface area (Å²) in [6.07, 6.45) is 2.60. The molecule has 0 spiro atoms. The van der Waals surface area contributed by atoms with Crippen LogP contribution in [-0.2, 0) is 14.3 Å². The van der Waals surface area contributed by atoms with Crippen LogP contribution in [0.1, 0.15) is 33.1 Å². The lowest BCUT2D eigenvalue weighted by Gasteiger charge is -2.26. The minimum Gasteiger partial charge on any atom is -0.466 e. The molecule has 1 aliphatic heterocycles. The smallest absolute Gasteiger partial charge is 0.308 e. The van der Waals surface area contributed by atoms with E-state index in [0.29, 0.717) is 18.9 Å². The molecule has 3 nitrogen and oxygen atoms in total. The standard InChI is InChI=1S/C10H18O3/c1-3-12-10(11)7-9-6-8(2)4-5-13-9/h8-9H,3-7H2,1-2H3/t8-,9+/m1/s1. The van der Waals surface area contributed by atoms with Crippen molar-refractivity contribution >= 4 is 5.97 Å². The lowest BCUT2D eigenvalue weighted by Crippen LogP contribution is -2.27. The fourth-order valence-electron chi connectivity index (χ4n) is 1.62. The topological polar surface area (TPSA) is 35.5 Å². The van der Waals surface area contributed by atoms with E-state index in [1.165, 1.54) is 0 Å². The van der Waals surface area contributed by atoms with Crippen LogP contribution in [0.15, 0.2) is 0 Å². The van der Waals surface area contributed by atoms with Crippen LogP contribution >= 0.6 is 0 Å². The van der Waals surface area contributed by atoms with Gasteiger partial charge < -0.3 is 9.47 Å². The van der Waals surface area contributed by atoms with Gasteiger partial charge >= 0.3 is 5.97 Å². The fourth-order valence-corrected chi connectivity index (χ4v) is 1.62. The second-order valence-electron chi connectivity index (χ2n) is 3.63. The second-order valence-corrected chi connectivity index (χ2v) is 3.63. The molecular formula is C10H18O3. The van der Waals surface area contributed by atoms with E-state index in [0.717, 1.165) is 19.4 Å². The van der Waals surface area contributed by atoms with Gasteiger partial charge in [-0.25, -0.2) is 0 Å². The summed E-state index contributed by atoms with van der Waals surface area (Å²) in [7, 11) is 0. The average Bonchev–Trinajstić information content (AvgIpc) is 2.04. The van der Waals surface area contributed by atoms with Gasteiger partial charge in [-0.3, -0.25) is 4.79 Å². The van der Waals surface area contributed by atoms with Gasteiger partial charge in [0, 0.05) is 6.61 Å². The highest BCUT2D eigenvalue weighted by atomic mass is 16.5. The van der Waals surface area contributed by atoms with Gasteiger partial charge in [0.05, 0.1) is 19.1 Å². The van der Waals surface area contributed by atoms with Gasteiger partial charge in [0.15, 0.2) is 0 Å². The first-order valence-electron chi connectivity index (χ1n) is 4.99. The summed E-state index contributed by atoms with van der Waals surface area (Å²) >= 11 is 0. The highest BCUT2D eigenvalue weighted by Gasteiger charge is 2.22. The Hall–Kier alpha value is -0.570. The van der Waals surface area contributed by atoms with Crippen LogP contribution in [-0.4, -0.2) is 25.3 Å². The Kier molecular flexibility index (Phi) is 4.22. The molecule has 1 saturated heterocycles. The van der Waals surface area contributed by atoms with E-state index >= 15 is 0 Å². The molecule has 2 atom stereocenters. The zero-order valence-corrected chi connectivity index (χ0v) is 8.41. The van der Waals surface area contributed by atoms with E-state index < -0.39 is 0 Å². The zero-order valence-electron chi connectivity index (χ0n) is 8.41. The molecule has 1 aliphatic rings. The molecule has 0 aliphatic carbocycles. The number of esters is 1. The number of ether oxygens (including phenoxy) is 2. The maximum Gasteiger partial charge on any atom is 0.308 e. The van der Waals surface area contributed by atoms with E-state index in [1.807, 2.05) is 6.92 Å². The first kappa shape index (κ1) is 10.5. The van der Waals surface area contributed by atoms with Crippen LogP contribution in [0, 0.1) is 5.92 Å². The molecule has 1 fully saturated rings. The van der Waals surface area contributed by atoms with Crippen LogP contribution in [0.2, 0.25) is 0 Å². The zero-order chi connectivity index (χ0) is 9.68. The molecule has 0 aromatic rings. The number of rotatable bonds is 3. The van der Waals surface area contributed by atoms with Crippen LogP contribution < -0.4 is 0 Å². The average molecular weight is 186 g/mol. The van der Waals surface area contributed by atoms with Gasteiger partial charge in [-0.05, 0) is 25.7 Å². The summed E-state index contributed by atoms with van der Waals surface area (Å²) in [5, 5.41) is 0. The molecule has 0 radical (unpaired) electrons. The van der Waals surface area contributed by atoms with Crippen LogP contribution in [0.4, 0.5) is 0 Å². The molecule has 76 valence electrons.